The molecule has 16 heteroatoms. The fourth-order valence-electron chi connectivity index (χ4n) is 7.72. The molecule has 1 aromatic heterocycles. The summed E-state index contributed by atoms with van der Waals surface area (Å²) in [5.74, 6) is -0.439. The van der Waals surface area contributed by atoms with Gasteiger partial charge in [-0.15, -0.1) is 0 Å². The van der Waals surface area contributed by atoms with Crippen molar-refractivity contribution in [2.45, 2.75) is 71.0 Å². The predicted molar refractivity (Wildman–Crippen MR) is 214 cm³/mol. The van der Waals surface area contributed by atoms with Crippen LogP contribution < -0.4 is 19.9 Å². The number of imide groups is 1. The molecule has 6 rings (SSSR count). The van der Waals surface area contributed by atoms with Crippen LogP contribution in [0.3, 0.4) is 0 Å². The third-order valence-corrected chi connectivity index (χ3v) is 11.2. The van der Waals surface area contributed by atoms with E-state index in [1.165, 1.54) is 6.07 Å². The van der Waals surface area contributed by atoms with E-state index >= 15 is 0 Å². The number of thiocarbonyl (C=S) groups is 1. The third-order valence-electron chi connectivity index (χ3n) is 10.8. The van der Waals surface area contributed by atoms with Gasteiger partial charge in [0.05, 0.1) is 24.0 Å². The summed E-state index contributed by atoms with van der Waals surface area (Å²) in [5.41, 5.74) is -0.0896. The molecule has 4 heterocycles. The minimum Gasteiger partial charge on any atom is -0.492 e. The summed E-state index contributed by atoms with van der Waals surface area (Å²) < 4.78 is 47.5. The molecule has 1 N–H and O–H groups in total. The Morgan fingerprint density at radius 3 is 2.45 bits per heavy atom. The number of piperidine rings is 1. The SMILES string of the molecule is CCCc1cc(N2C(=S)N(c3cnc(C#N)c(C(F)(F)F)c3)C(=O)C2(C)C)ccc1OCCN1CCN(CC(=O)Cc2cccc(CC3CCC(=O)NC3=O)c2)CC1. The van der Waals surface area contributed by atoms with E-state index in [0.717, 1.165) is 66.5 Å². The molecule has 3 aromatic rings. The number of piperazine rings is 1. The molecule has 1 atom stereocenters. The van der Waals surface area contributed by atoms with Crippen LogP contribution in [0.25, 0.3) is 0 Å². The normalized spacial score (nSPS) is 19.0. The molecule has 0 aliphatic carbocycles. The molecule has 58 heavy (non-hydrogen) atoms. The molecule has 0 spiro atoms. The van der Waals surface area contributed by atoms with Crippen LogP contribution in [-0.2, 0) is 44.6 Å². The standard InChI is InChI=1S/C42H46F3N7O5S/c1-4-6-29-22-31(52-40(58)51(39(56)41(52,2)3)32-23-34(42(43,44)45)35(24-46)47-25-32)10-11-36(29)57-18-17-49-13-15-50(16-14-49)26-33(53)21-28-8-5-7-27(19-28)20-30-9-12-37(54)48-38(30)55/h5,7-8,10-11,19,22-23,25,30H,4,6,9,12-18,20-21,26H2,1-3H3,(H,48,54,55). The van der Waals surface area contributed by atoms with Gasteiger partial charge in [-0.3, -0.25) is 39.2 Å². The number of nitrogens with one attached hydrogen (secondary N) is 1. The van der Waals surface area contributed by atoms with Crippen molar-refractivity contribution in [3.05, 3.63) is 82.7 Å². The number of anilines is 2. The first-order valence-electron chi connectivity index (χ1n) is 19.4. The summed E-state index contributed by atoms with van der Waals surface area (Å²) in [6.45, 7) is 9.85. The zero-order valence-corrected chi connectivity index (χ0v) is 33.5. The quantitative estimate of drug-likeness (QED) is 0.169. The zero-order chi connectivity index (χ0) is 41.8. The Labute approximate surface area is 340 Å². The Kier molecular flexibility index (Phi) is 12.9. The van der Waals surface area contributed by atoms with Crippen LogP contribution in [-0.4, -0.2) is 94.8 Å². The Hall–Kier alpha value is -5.24. The molecule has 0 bridgehead atoms. The molecular weight excluding hydrogens is 772 g/mol. The molecule has 3 fully saturated rings. The van der Waals surface area contributed by atoms with Gasteiger partial charge in [-0.25, -0.2) is 4.98 Å². The van der Waals surface area contributed by atoms with Gasteiger partial charge < -0.3 is 9.64 Å². The van der Waals surface area contributed by atoms with Gasteiger partial charge >= 0.3 is 6.18 Å². The number of aryl methyl sites for hydroxylation is 1. The Morgan fingerprint density at radius 2 is 1.76 bits per heavy atom. The predicted octanol–water partition coefficient (Wildman–Crippen LogP) is 5.24. The summed E-state index contributed by atoms with van der Waals surface area (Å²) >= 11 is 5.71. The number of ketones is 1. The number of halogens is 3. The maximum absolute atomic E-state index is 13.8. The summed E-state index contributed by atoms with van der Waals surface area (Å²) in [6.07, 6.45) is -0.610. The first kappa shape index (κ1) is 42.4. The Bertz CT molecular complexity index is 2130. The highest BCUT2D eigenvalue weighted by Crippen LogP contribution is 2.40. The van der Waals surface area contributed by atoms with Crippen molar-refractivity contribution in [2.75, 3.05) is 55.7 Å². The van der Waals surface area contributed by atoms with Gasteiger partial charge in [0.1, 0.15) is 24.0 Å². The fourth-order valence-corrected chi connectivity index (χ4v) is 8.24. The number of Topliss-reactive ketones (excluding diaryl/α,β-unsaturated/α-hetero) is 1. The molecule has 3 amide bonds. The van der Waals surface area contributed by atoms with Gasteiger partial charge in [0, 0.05) is 57.2 Å². The maximum atomic E-state index is 13.8. The second-order valence-corrected chi connectivity index (χ2v) is 15.8. The number of carbonyl (C=O) groups is 4. The van der Waals surface area contributed by atoms with Crippen LogP contribution in [0.2, 0.25) is 0 Å². The molecule has 1 unspecified atom stereocenters. The molecule has 12 nitrogen and oxygen atoms in total. The van der Waals surface area contributed by atoms with E-state index in [2.05, 4.69) is 20.1 Å². The van der Waals surface area contributed by atoms with Gasteiger partial charge in [0.15, 0.2) is 16.6 Å². The van der Waals surface area contributed by atoms with Gasteiger partial charge in [-0.1, -0.05) is 37.6 Å². The van der Waals surface area contributed by atoms with E-state index < -0.39 is 28.9 Å². The minimum absolute atomic E-state index is 0.0113. The highest BCUT2D eigenvalue weighted by molar-refractivity contribution is 7.81. The first-order valence-corrected chi connectivity index (χ1v) is 19.8. The van der Waals surface area contributed by atoms with E-state index in [-0.39, 0.29) is 34.3 Å². The minimum atomic E-state index is -4.85. The van der Waals surface area contributed by atoms with Crippen LogP contribution in [0.5, 0.6) is 5.75 Å². The van der Waals surface area contributed by atoms with Gasteiger partial charge in [-0.05, 0) is 86.3 Å². The molecule has 0 saturated carbocycles. The summed E-state index contributed by atoms with van der Waals surface area (Å²) in [5, 5.41) is 11.6. The lowest BCUT2D eigenvalue weighted by molar-refractivity contribution is -0.138. The lowest BCUT2D eigenvalue weighted by Gasteiger charge is -2.34. The van der Waals surface area contributed by atoms with Gasteiger partial charge in [-0.2, -0.15) is 18.4 Å². The second kappa shape index (κ2) is 17.7. The number of pyridine rings is 1. The van der Waals surface area contributed by atoms with Crippen molar-refractivity contribution in [1.82, 2.24) is 20.1 Å². The lowest BCUT2D eigenvalue weighted by Crippen LogP contribution is -2.48. The molecule has 3 aliphatic heterocycles. The number of benzene rings is 2. The number of amides is 3. The van der Waals surface area contributed by atoms with Crippen molar-refractivity contribution >= 4 is 52.2 Å². The van der Waals surface area contributed by atoms with E-state index in [9.17, 15) is 37.6 Å². The number of hydrogen-bond acceptors (Lipinski definition) is 10. The number of carbonyl (C=O) groups excluding carboxylic acids is 4. The average Bonchev–Trinajstić information content (AvgIpc) is 3.35. The van der Waals surface area contributed by atoms with Crippen molar-refractivity contribution in [3.8, 4) is 11.8 Å². The first-order chi connectivity index (χ1) is 27.6. The highest BCUT2D eigenvalue weighted by Gasteiger charge is 2.51. The molecule has 306 valence electrons. The van der Waals surface area contributed by atoms with Crippen LogP contribution in [0.4, 0.5) is 24.5 Å². The van der Waals surface area contributed by atoms with Crippen LogP contribution in [0, 0.1) is 17.2 Å². The molecule has 3 saturated heterocycles. The number of nitrogens with zero attached hydrogens (tertiary/aromatic N) is 6. The zero-order valence-electron chi connectivity index (χ0n) is 32.7. The van der Waals surface area contributed by atoms with Crippen molar-refractivity contribution in [2.24, 2.45) is 5.92 Å². The maximum Gasteiger partial charge on any atom is 0.419 e. The van der Waals surface area contributed by atoms with Crippen LogP contribution in [0.1, 0.15) is 68.0 Å². The largest absolute Gasteiger partial charge is 0.492 e. The smallest absolute Gasteiger partial charge is 0.419 e. The topological polar surface area (TPSA) is 139 Å². The number of hydrogen-bond donors (Lipinski definition) is 1. The van der Waals surface area contributed by atoms with Gasteiger partial charge in [0.25, 0.3) is 5.91 Å². The summed E-state index contributed by atoms with van der Waals surface area (Å²) in [7, 11) is 0. The number of aromatic nitrogens is 1. The highest BCUT2D eigenvalue weighted by atomic mass is 32.1. The number of nitriles is 1. The van der Waals surface area contributed by atoms with Crippen molar-refractivity contribution < 1.29 is 37.1 Å². The van der Waals surface area contributed by atoms with Crippen LogP contribution in [0.15, 0.2) is 54.7 Å². The lowest BCUT2D eigenvalue weighted by atomic mass is 9.90. The van der Waals surface area contributed by atoms with E-state index in [4.69, 9.17) is 17.0 Å². The average molecular weight is 818 g/mol. The monoisotopic (exact) mass is 817 g/mol. The number of alkyl halides is 3. The van der Waals surface area contributed by atoms with Crippen molar-refractivity contribution in [3.63, 3.8) is 0 Å². The second-order valence-electron chi connectivity index (χ2n) is 15.4. The molecule has 2 aromatic carbocycles. The van der Waals surface area contributed by atoms with E-state index in [1.807, 2.05) is 43.3 Å². The molecular formula is C42H46F3N7O5S. The summed E-state index contributed by atoms with van der Waals surface area (Å²) in [6, 6.07) is 15.4. The molecule has 3 aliphatic rings. The number of ether oxygens (including phenoxy) is 1. The fraction of sp³-hybridized carbons (Fsp3) is 0.452. The van der Waals surface area contributed by atoms with E-state index in [1.54, 1.807) is 24.8 Å². The third kappa shape index (κ3) is 9.54. The van der Waals surface area contributed by atoms with Crippen molar-refractivity contribution in [1.29, 1.82) is 5.26 Å². The number of rotatable bonds is 14. The van der Waals surface area contributed by atoms with E-state index in [0.29, 0.717) is 63.2 Å². The Balaban J connectivity index is 1.01. The Morgan fingerprint density at radius 1 is 1.03 bits per heavy atom. The summed E-state index contributed by atoms with van der Waals surface area (Å²) in [4.78, 5) is 61.2. The van der Waals surface area contributed by atoms with Crippen LogP contribution >= 0.6 is 12.2 Å². The van der Waals surface area contributed by atoms with Gasteiger partial charge in [0.2, 0.25) is 11.8 Å². The molecule has 0 radical (unpaired) electrons.